The van der Waals surface area contributed by atoms with Gasteiger partial charge in [0.05, 0.1) is 24.1 Å². The fourth-order valence-corrected chi connectivity index (χ4v) is 6.19. The SMILES string of the molecule is [2H]c1c(-c2c(C#N)ccc3c2oc2c(-c4cc(F)c(C([2H])([2H])C(C)(C)C)c[n+]4C)c(C)ccc23)c2ccccc2c2ccccc12. The number of benzene rings is 5. The number of nitriles is 1. The molecule has 43 heavy (non-hydrogen) atoms. The third-order valence-electron chi connectivity index (χ3n) is 8.05. The Morgan fingerprint density at radius 2 is 1.53 bits per heavy atom. The van der Waals surface area contributed by atoms with Crippen LogP contribution in [0.4, 0.5) is 4.39 Å². The first-order chi connectivity index (χ1) is 21.8. The van der Waals surface area contributed by atoms with Gasteiger partial charge in [-0.2, -0.15) is 5.26 Å². The van der Waals surface area contributed by atoms with E-state index in [1.165, 1.54) is 12.3 Å². The maximum Gasteiger partial charge on any atom is 0.219 e. The normalized spacial score (nSPS) is 13.4. The molecule has 0 aliphatic rings. The van der Waals surface area contributed by atoms with Gasteiger partial charge in [0, 0.05) is 25.1 Å². The molecule has 0 radical (unpaired) electrons. The number of fused-ring (bicyclic) bond motifs is 6. The molecule has 0 saturated heterocycles. The topological polar surface area (TPSA) is 40.8 Å². The molecule has 0 N–H and O–H groups in total. The molecule has 210 valence electrons. The maximum atomic E-state index is 15.8. The van der Waals surface area contributed by atoms with E-state index in [1.807, 2.05) is 73.7 Å². The molecule has 0 spiro atoms. The van der Waals surface area contributed by atoms with Gasteiger partial charge in [0.15, 0.2) is 6.20 Å². The van der Waals surface area contributed by atoms with Crippen molar-refractivity contribution in [3.8, 4) is 28.5 Å². The van der Waals surface area contributed by atoms with Gasteiger partial charge in [-0.3, -0.25) is 0 Å². The smallest absolute Gasteiger partial charge is 0.219 e. The second-order valence-electron chi connectivity index (χ2n) is 12.2. The average molecular weight is 567 g/mol. The van der Waals surface area contributed by atoms with Gasteiger partial charge in [0.25, 0.3) is 0 Å². The Morgan fingerprint density at radius 3 is 2.26 bits per heavy atom. The highest BCUT2D eigenvalue weighted by Gasteiger charge is 2.26. The first kappa shape index (κ1) is 23.5. The third-order valence-corrected chi connectivity index (χ3v) is 8.05. The predicted octanol–water partition coefficient (Wildman–Crippen LogP) is 9.96. The number of nitrogens with zero attached hydrogens (tertiary/aromatic N) is 2. The molecule has 0 atom stereocenters. The van der Waals surface area contributed by atoms with Crippen molar-refractivity contribution in [3.63, 3.8) is 0 Å². The van der Waals surface area contributed by atoms with E-state index in [0.29, 0.717) is 45.2 Å². The van der Waals surface area contributed by atoms with Gasteiger partial charge in [0.2, 0.25) is 5.69 Å². The molecule has 7 rings (SSSR count). The molecular formula is C39H32FN2O+. The summed E-state index contributed by atoms with van der Waals surface area (Å²) in [4.78, 5) is 0. The number of rotatable bonds is 3. The highest BCUT2D eigenvalue weighted by molar-refractivity contribution is 6.19. The Bertz CT molecular complexity index is 2450. The summed E-state index contributed by atoms with van der Waals surface area (Å²) in [7, 11) is 1.78. The monoisotopic (exact) mass is 566 g/mol. The highest BCUT2D eigenvalue weighted by Crippen LogP contribution is 2.44. The molecule has 0 saturated carbocycles. The van der Waals surface area contributed by atoms with Crippen molar-refractivity contribution >= 4 is 43.5 Å². The van der Waals surface area contributed by atoms with Crippen LogP contribution in [0.1, 0.15) is 41.6 Å². The zero-order chi connectivity index (χ0) is 32.7. The fourth-order valence-electron chi connectivity index (χ4n) is 6.19. The van der Waals surface area contributed by atoms with Crippen LogP contribution < -0.4 is 4.57 Å². The highest BCUT2D eigenvalue weighted by atomic mass is 19.1. The molecule has 0 unspecified atom stereocenters. The van der Waals surface area contributed by atoms with Crippen molar-refractivity contribution in [1.29, 1.82) is 5.26 Å². The Morgan fingerprint density at radius 1 is 0.884 bits per heavy atom. The maximum absolute atomic E-state index is 15.8. The van der Waals surface area contributed by atoms with E-state index in [0.717, 1.165) is 37.9 Å². The summed E-state index contributed by atoms with van der Waals surface area (Å²) in [5.41, 5.74) is 3.82. The number of furan rings is 1. The Hall–Kier alpha value is -5.01. The van der Waals surface area contributed by atoms with E-state index in [1.54, 1.807) is 38.5 Å². The summed E-state index contributed by atoms with van der Waals surface area (Å²) in [5, 5.41) is 15.5. The van der Waals surface area contributed by atoms with Gasteiger partial charge in [0.1, 0.15) is 24.0 Å². The van der Waals surface area contributed by atoms with E-state index in [9.17, 15) is 6.63 Å². The Balaban J connectivity index is 1.57. The largest absolute Gasteiger partial charge is 0.454 e. The summed E-state index contributed by atoms with van der Waals surface area (Å²) in [6, 6.07) is 27.4. The van der Waals surface area contributed by atoms with Crippen molar-refractivity contribution in [2.75, 3.05) is 0 Å². The van der Waals surface area contributed by atoms with Crippen LogP contribution in [0.15, 0.2) is 95.5 Å². The third kappa shape index (κ3) is 4.35. The summed E-state index contributed by atoms with van der Waals surface area (Å²) in [6.45, 7) is 7.21. The Kier molecular flexibility index (Phi) is 5.35. The second-order valence-corrected chi connectivity index (χ2v) is 12.2. The lowest BCUT2D eigenvalue weighted by atomic mass is 9.88. The first-order valence-corrected chi connectivity index (χ1v) is 14.3. The minimum absolute atomic E-state index is 0.00668. The zero-order valence-electron chi connectivity index (χ0n) is 27.8. The van der Waals surface area contributed by atoms with Crippen molar-refractivity contribution < 1.29 is 17.5 Å². The molecule has 0 bridgehead atoms. The number of halogens is 1. The van der Waals surface area contributed by atoms with Crippen LogP contribution in [0.5, 0.6) is 0 Å². The van der Waals surface area contributed by atoms with E-state index in [2.05, 4.69) is 6.07 Å². The summed E-state index contributed by atoms with van der Waals surface area (Å²) >= 11 is 0. The van der Waals surface area contributed by atoms with E-state index >= 15 is 4.39 Å². The van der Waals surface area contributed by atoms with Crippen LogP contribution in [0.25, 0.3) is 65.9 Å². The predicted molar refractivity (Wildman–Crippen MR) is 173 cm³/mol. The van der Waals surface area contributed by atoms with Gasteiger partial charge < -0.3 is 4.42 Å². The summed E-state index contributed by atoms with van der Waals surface area (Å²) in [6.07, 6.45) is -0.378. The molecular weight excluding hydrogens is 531 g/mol. The number of aryl methyl sites for hydroxylation is 2. The lowest BCUT2D eigenvalue weighted by molar-refractivity contribution is -0.661. The fraction of sp³-hybridized carbons (Fsp3) is 0.179. The lowest BCUT2D eigenvalue weighted by Gasteiger charge is -2.18. The first-order valence-electron chi connectivity index (χ1n) is 15.8. The van der Waals surface area contributed by atoms with Crippen LogP contribution in [0.2, 0.25) is 0 Å². The van der Waals surface area contributed by atoms with Crippen LogP contribution in [0.3, 0.4) is 0 Å². The molecule has 0 aliphatic heterocycles. The van der Waals surface area contributed by atoms with Gasteiger partial charge in [-0.25, -0.2) is 8.96 Å². The number of hydrogen-bond donors (Lipinski definition) is 0. The van der Waals surface area contributed by atoms with Gasteiger partial charge in [-0.05, 0) is 69.6 Å². The molecule has 2 heterocycles. The molecule has 2 aromatic heterocycles. The molecule has 4 heteroatoms. The van der Waals surface area contributed by atoms with E-state index < -0.39 is 17.6 Å². The summed E-state index contributed by atoms with van der Waals surface area (Å²) < 4.78 is 51.1. The van der Waals surface area contributed by atoms with Crippen molar-refractivity contribution in [2.45, 2.75) is 34.1 Å². The van der Waals surface area contributed by atoms with Crippen LogP contribution >= 0.6 is 0 Å². The molecule has 5 aromatic carbocycles. The molecule has 7 aromatic rings. The molecule has 0 fully saturated rings. The zero-order valence-corrected chi connectivity index (χ0v) is 24.8. The number of hydrogen-bond acceptors (Lipinski definition) is 2. The second kappa shape index (κ2) is 9.78. The number of pyridine rings is 1. The van der Waals surface area contributed by atoms with Gasteiger partial charge in [-0.1, -0.05) is 81.4 Å². The summed E-state index contributed by atoms with van der Waals surface area (Å²) in [5.74, 6) is -0.630. The van der Waals surface area contributed by atoms with E-state index in [-0.39, 0.29) is 5.56 Å². The quantitative estimate of drug-likeness (QED) is 0.158. The number of aromatic nitrogens is 1. The van der Waals surface area contributed by atoms with Crippen LogP contribution in [-0.4, -0.2) is 0 Å². The van der Waals surface area contributed by atoms with Crippen LogP contribution in [-0.2, 0) is 13.4 Å². The van der Waals surface area contributed by atoms with E-state index in [4.69, 9.17) is 7.16 Å². The lowest BCUT2D eigenvalue weighted by Crippen LogP contribution is -2.33. The Labute approximate surface area is 254 Å². The molecule has 0 amide bonds. The minimum atomic E-state index is -1.91. The van der Waals surface area contributed by atoms with Crippen molar-refractivity contribution in [3.05, 3.63) is 114 Å². The average Bonchev–Trinajstić information content (AvgIpc) is 3.40. The van der Waals surface area contributed by atoms with Gasteiger partial charge >= 0.3 is 0 Å². The minimum Gasteiger partial charge on any atom is -0.454 e. The standard InChI is InChI=1S/C39H32FN2O/c1-23-14-16-30-31-17-15-25(21-41)36(32-18-24-10-6-7-11-27(24)28-12-8-9-13-29(28)32)38(31)43-37(30)35(23)34-19-33(40)26(22-42(34)5)20-39(2,3)4/h6-19,22H,20H2,1-5H3/q+1/i18D,20D2. The van der Waals surface area contributed by atoms with Gasteiger partial charge in [-0.15, -0.1) is 0 Å². The molecule has 0 aliphatic carbocycles. The molecule has 3 nitrogen and oxygen atoms in total. The van der Waals surface area contributed by atoms with Crippen molar-refractivity contribution in [1.82, 2.24) is 0 Å². The van der Waals surface area contributed by atoms with Crippen molar-refractivity contribution in [2.24, 2.45) is 12.5 Å². The van der Waals surface area contributed by atoms with Crippen LogP contribution in [0, 0.1) is 29.5 Å².